The van der Waals surface area contributed by atoms with Crippen LogP contribution in [-0.4, -0.2) is 84.3 Å². The van der Waals surface area contributed by atoms with Gasteiger partial charge in [-0.15, -0.1) is 0 Å². The number of ether oxygens (including phenoxy) is 1. The zero-order chi connectivity index (χ0) is 31.0. The normalized spacial score (nSPS) is 18.4. The van der Waals surface area contributed by atoms with Crippen molar-refractivity contribution in [2.75, 3.05) is 43.8 Å². The van der Waals surface area contributed by atoms with E-state index in [0.29, 0.717) is 52.8 Å². The van der Waals surface area contributed by atoms with Crippen molar-refractivity contribution in [2.45, 2.75) is 45.7 Å². The van der Waals surface area contributed by atoms with Crippen LogP contribution in [-0.2, 0) is 16.6 Å². The van der Waals surface area contributed by atoms with Crippen LogP contribution >= 0.6 is 0 Å². The van der Waals surface area contributed by atoms with Gasteiger partial charge in [0.15, 0.2) is 5.88 Å². The quantitative estimate of drug-likeness (QED) is 0.295. The van der Waals surface area contributed by atoms with Crippen molar-refractivity contribution in [1.29, 1.82) is 0 Å². The summed E-state index contributed by atoms with van der Waals surface area (Å²) in [7, 11) is -2.70. The van der Waals surface area contributed by atoms with Gasteiger partial charge in [0.2, 0.25) is 10.0 Å². The maximum Gasteiger partial charge on any atom is 0.329 e. The molecule has 0 atom stereocenters. The number of carbonyl (C=O) groups is 1. The van der Waals surface area contributed by atoms with Crippen LogP contribution in [0.25, 0.3) is 28.1 Å². The zero-order valence-corrected chi connectivity index (χ0v) is 25.7. The van der Waals surface area contributed by atoms with Crippen molar-refractivity contribution >= 4 is 38.4 Å². The number of sulfonamides is 1. The Bertz CT molecular complexity index is 1900. The average molecular weight is 628 g/mol. The molecular formula is C30H35F2N7O4S. The number of carbonyl (C=O) groups excluding carboxylic acids is 1. The molecule has 0 bridgehead atoms. The summed E-state index contributed by atoms with van der Waals surface area (Å²) in [6, 6.07) is 8.35. The number of piperidine rings is 1. The molecule has 2 saturated heterocycles. The van der Waals surface area contributed by atoms with Crippen LogP contribution in [0, 0.1) is 18.3 Å². The third-order valence-corrected chi connectivity index (χ3v) is 10.3. The smallest absolute Gasteiger partial charge is 0.329 e. The van der Waals surface area contributed by atoms with Crippen molar-refractivity contribution < 1.29 is 26.7 Å². The van der Waals surface area contributed by atoms with E-state index in [1.54, 1.807) is 25.3 Å². The Morgan fingerprint density at radius 3 is 2.61 bits per heavy atom. The van der Waals surface area contributed by atoms with Gasteiger partial charge < -0.3 is 19.5 Å². The van der Waals surface area contributed by atoms with Crippen LogP contribution < -0.4 is 14.4 Å². The third kappa shape index (κ3) is 4.87. The van der Waals surface area contributed by atoms with Gasteiger partial charge in [-0.2, -0.15) is 13.1 Å². The lowest BCUT2D eigenvalue weighted by Gasteiger charge is -2.49. The molecule has 1 amide bonds. The molecular weight excluding hydrogens is 592 g/mol. The van der Waals surface area contributed by atoms with E-state index in [9.17, 15) is 22.0 Å². The summed E-state index contributed by atoms with van der Waals surface area (Å²) in [5.41, 5.74) is 3.77. The molecule has 6 heterocycles. The van der Waals surface area contributed by atoms with Gasteiger partial charge in [0.1, 0.15) is 22.8 Å². The first-order valence-corrected chi connectivity index (χ1v) is 16.7. The number of rotatable bonds is 8. The fourth-order valence-corrected chi connectivity index (χ4v) is 7.45. The fourth-order valence-electron chi connectivity index (χ4n) is 6.72. The maximum absolute atomic E-state index is 13.8. The summed E-state index contributed by atoms with van der Waals surface area (Å²) in [5, 5.41) is 4.02. The Morgan fingerprint density at radius 1 is 1.20 bits per heavy atom. The predicted octanol–water partition coefficient (Wildman–Crippen LogP) is 3.89. The second-order valence-electron chi connectivity index (χ2n) is 12.5. The Kier molecular flexibility index (Phi) is 6.85. The van der Waals surface area contributed by atoms with Crippen LogP contribution in [0.4, 0.5) is 14.6 Å². The lowest BCUT2D eigenvalue weighted by Crippen LogP contribution is -2.61. The number of hydrogen-bond donors (Lipinski definition) is 1. The maximum atomic E-state index is 13.8. The van der Waals surface area contributed by atoms with Crippen LogP contribution in [0.5, 0.6) is 5.88 Å². The van der Waals surface area contributed by atoms with Crippen LogP contribution in [0.15, 0.2) is 30.3 Å². The number of nitrogens with one attached hydrogen (secondary N) is 1. The van der Waals surface area contributed by atoms with Gasteiger partial charge in [-0.1, -0.05) is 0 Å². The van der Waals surface area contributed by atoms with Gasteiger partial charge in [-0.3, -0.25) is 9.20 Å². The number of aryl methyl sites for hydroxylation is 1. The molecule has 0 unspecified atom stereocenters. The summed E-state index contributed by atoms with van der Waals surface area (Å²) in [6.07, 6.45) is 4.89. The van der Waals surface area contributed by atoms with E-state index in [1.165, 1.54) is 6.07 Å². The topological polar surface area (TPSA) is 114 Å². The number of amides is 1. The number of halogens is 2. The van der Waals surface area contributed by atoms with Crippen LogP contribution in [0.1, 0.15) is 41.7 Å². The third-order valence-electron chi connectivity index (χ3n) is 9.19. The summed E-state index contributed by atoms with van der Waals surface area (Å²) in [4.78, 5) is 25.0. The minimum Gasteiger partial charge on any atom is -0.482 e. The lowest BCUT2D eigenvalue weighted by atomic mass is 9.75. The molecule has 3 aliphatic rings. The molecule has 234 valence electrons. The van der Waals surface area contributed by atoms with E-state index >= 15 is 0 Å². The van der Waals surface area contributed by atoms with Crippen molar-refractivity contribution in [2.24, 2.45) is 11.3 Å². The van der Waals surface area contributed by atoms with E-state index in [1.807, 2.05) is 26.9 Å². The summed E-state index contributed by atoms with van der Waals surface area (Å²) < 4.78 is 61.6. The van der Waals surface area contributed by atoms with E-state index in [2.05, 4.69) is 10.3 Å². The van der Waals surface area contributed by atoms with Gasteiger partial charge in [-0.25, -0.2) is 18.4 Å². The molecule has 11 nitrogen and oxygen atoms in total. The minimum absolute atomic E-state index is 0.0335. The number of alkyl halides is 2. The number of imidazole rings is 1. The highest BCUT2D eigenvalue weighted by atomic mass is 32.2. The first kappa shape index (κ1) is 29.0. The average Bonchev–Trinajstić information content (AvgIpc) is 3.64. The molecule has 4 aromatic rings. The number of anilines is 1. The van der Waals surface area contributed by atoms with Crippen molar-refractivity contribution in [3.8, 4) is 17.3 Å². The van der Waals surface area contributed by atoms with Gasteiger partial charge in [0.05, 0.1) is 24.8 Å². The molecule has 3 fully saturated rings. The molecule has 7 rings (SSSR count). The summed E-state index contributed by atoms with van der Waals surface area (Å²) in [6.45, 7) is 2.53. The molecule has 1 spiro atoms. The van der Waals surface area contributed by atoms with Gasteiger partial charge >= 0.3 is 6.55 Å². The number of hydrogen-bond acceptors (Lipinski definition) is 7. The first-order chi connectivity index (χ1) is 21.0. The second-order valence-corrected chi connectivity index (χ2v) is 14.3. The molecule has 0 aromatic carbocycles. The predicted molar refractivity (Wildman–Crippen MR) is 162 cm³/mol. The van der Waals surface area contributed by atoms with E-state index in [4.69, 9.17) is 9.72 Å². The molecule has 1 saturated carbocycles. The van der Waals surface area contributed by atoms with E-state index in [-0.39, 0.29) is 21.4 Å². The number of methoxy groups -OCH3 is 1. The highest BCUT2D eigenvalue weighted by Crippen LogP contribution is 2.39. The number of pyridine rings is 2. The number of fused-ring (bicyclic) bond motifs is 2. The van der Waals surface area contributed by atoms with Crippen molar-refractivity contribution in [3.05, 3.63) is 41.6 Å². The Balaban J connectivity index is 1.33. The molecule has 4 aromatic heterocycles. The molecule has 1 aliphatic carbocycles. The number of nitrogens with zero attached hydrogens (tertiary/aromatic N) is 6. The molecule has 14 heteroatoms. The second kappa shape index (κ2) is 10.4. The monoisotopic (exact) mass is 627 g/mol. The SMILES string of the molecule is COc1cc(C(=O)N2CCCC3(CNC3)C2)cc2nc(-c3cc4ccc(N(C(F)F)S(C)(=O)=O)nc4n3CC3CC3)c(C)n12. The Hall–Kier alpha value is -3.78. The fraction of sp³-hybridized carbons (Fsp3) is 0.500. The van der Waals surface area contributed by atoms with Crippen molar-refractivity contribution in [1.82, 2.24) is 29.2 Å². The standard InChI is InChI=1S/C30H35F2N7O4S/c1-18-26(22-11-20-7-8-23(39(29(31)32)44(3,41)42)35-27(20)37(22)14-19-5-6-19)34-24-12-21(13-25(43-2)38(18)24)28(40)36-10-4-9-30(17-36)15-33-16-30/h7-8,11-13,19,29,33H,4-6,9-10,14-17H2,1-3H3. The Labute approximate surface area is 253 Å². The van der Waals surface area contributed by atoms with Crippen molar-refractivity contribution in [3.63, 3.8) is 0 Å². The highest BCUT2D eigenvalue weighted by Gasteiger charge is 2.42. The summed E-state index contributed by atoms with van der Waals surface area (Å²) >= 11 is 0. The van der Waals surface area contributed by atoms with Crippen LogP contribution in [0.3, 0.4) is 0 Å². The Morgan fingerprint density at radius 2 is 1.98 bits per heavy atom. The zero-order valence-electron chi connectivity index (χ0n) is 24.9. The molecule has 2 aliphatic heterocycles. The van der Waals surface area contributed by atoms with E-state index in [0.717, 1.165) is 63.0 Å². The highest BCUT2D eigenvalue weighted by molar-refractivity contribution is 7.92. The number of aromatic nitrogens is 4. The largest absolute Gasteiger partial charge is 0.482 e. The van der Waals surface area contributed by atoms with Gasteiger partial charge in [-0.05, 0) is 62.8 Å². The van der Waals surface area contributed by atoms with E-state index < -0.39 is 16.6 Å². The van der Waals surface area contributed by atoms with Gasteiger partial charge in [0.25, 0.3) is 5.91 Å². The van der Waals surface area contributed by atoms with Crippen LogP contribution in [0.2, 0.25) is 0 Å². The minimum atomic E-state index is -4.26. The molecule has 1 N–H and O–H groups in total. The lowest BCUT2D eigenvalue weighted by molar-refractivity contribution is 0.0320. The molecule has 0 radical (unpaired) electrons. The molecule has 44 heavy (non-hydrogen) atoms. The van der Waals surface area contributed by atoms with Gasteiger partial charge in [0, 0.05) is 55.2 Å². The number of likely N-dealkylation sites (tertiary alicyclic amines) is 1. The first-order valence-electron chi connectivity index (χ1n) is 14.8. The summed E-state index contributed by atoms with van der Waals surface area (Å²) in [5.74, 6) is 0.481.